The molecule has 0 radical (unpaired) electrons. The van der Waals surface area contributed by atoms with Crippen LogP contribution < -0.4 is 0 Å². The lowest BCUT2D eigenvalue weighted by molar-refractivity contribution is -0.385. The number of nitro benzene ring substituents is 1. The normalized spacial score (nSPS) is 11.8. The number of hydrogen-bond donors (Lipinski definition) is 0. The van der Waals surface area contributed by atoms with Crippen molar-refractivity contribution in [3.8, 4) is 0 Å². The summed E-state index contributed by atoms with van der Waals surface area (Å²) < 4.78 is 24.4. The van der Waals surface area contributed by atoms with Crippen LogP contribution in [0.1, 0.15) is 0 Å². The predicted octanol–water partition coefficient (Wildman–Crippen LogP) is 1.50. The molecule has 0 N–H and O–H groups in total. The van der Waals surface area contributed by atoms with Crippen LogP contribution in [0.4, 0.5) is 5.69 Å². The molecular weight excluding hydrogens is 256 g/mol. The molecule has 1 aromatic carbocycles. The zero-order valence-corrected chi connectivity index (χ0v) is 10.1. The third kappa shape index (κ3) is 2.31. The molecule has 1 rings (SSSR count). The van der Waals surface area contributed by atoms with Crippen LogP contribution in [0.3, 0.4) is 0 Å². The van der Waals surface area contributed by atoms with E-state index in [4.69, 9.17) is 11.6 Å². The van der Waals surface area contributed by atoms with Gasteiger partial charge in [0.2, 0.25) is 10.0 Å². The van der Waals surface area contributed by atoms with Crippen LogP contribution in [-0.2, 0) is 10.0 Å². The van der Waals surface area contributed by atoms with Crippen molar-refractivity contribution >= 4 is 27.3 Å². The summed E-state index contributed by atoms with van der Waals surface area (Å²) >= 11 is 5.70. The fourth-order valence-corrected chi connectivity index (χ4v) is 2.39. The Morgan fingerprint density at radius 1 is 1.38 bits per heavy atom. The summed E-state index contributed by atoms with van der Waals surface area (Å²) in [4.78, 5) is 9.57. The summed E-state index contributed by atoms with van der Waals surface area (Å²) in [6.07, 6.45) is 0. The summed E-state index contributed by atoms with van der Waals surface area (Å²) in [6.45, 7) is 0. The highest BCUT2D eigenvalue weighted by Gasteiger charge is 2.23. The third-order valence-electron chi connectivity index (χ3n) is 1.88. The highest BCUT2D eigenvalue weighted by molar-refractivity contribution is 7.89. The number of benzene rings is 1. The minimum Gasteiger partial charge on any atom is -0.258 e. The first-order valence-electron chi connectivity index (χ1n) is 4.13. The van der Waals surface area contributed by atoms with Crippen molar-refractivity contribution < 1.29 is 13.3 Å². The number of sulfonamides is 1. The molecule has 88 valence electrons. The van der Waals surface area contributed by atoms with E-state index in [2.05, 4.69) is 0 Å². The monoisotopic (exact) mass is 264 g/mol. The molecule has 6 nitrogen and oxygen atoms in total. The van der Waals surface area contributed by atoms with Gasteiger partial charge in [0.15, 0.2) is 0 Å². The molecule has 0 aliphatic rings. The predicted molar refractivity (Wildman–Crippen MR) is 59.0 cm³/mol. The van der Waals surface area contributed by atoms with E-state index in [0.29, 0.717) is 0 Å². The summed E-state index contributed by atoms with van der Waals surface area (Å²) in [5.74, 6) is 0. The Bertz CT molecular complexity index is 527. The van der Waals surface area contributed by atoms with E-state index in [-0.39, 0.29) is 15.6 Å². The molecule has 0 saturated heterocycles. The van der Waals surface area contributed by atoms with Gasteiger partial charge in [-0.15, -0.1) is 0 Å². The van der Waals surface area contributed by atoms with Crippen molar-refractivity contribution in [1.29, 1.82) is 0 Å². The van der Waals surface area contributed by atoms with Crippen LogP contribution in [0.15, 0.2) is 23.1 Å². The van der Waals surface area contributed by atoms with Crippen LogP contribution in [0.2, 0.25) is 5.02 Å². The van der Waals surface area contributed by atoms with Crippen LogP contribution in [-0.4, -0.2) is 31.7 Å². The van der Waals surface area contributed by atoms with Gasteiger partial charge in [0, 0.05) is 26.2 Å². The minimum absolute atomic E-state index is 0.0423. The second kappa shape index (κ2) is 4.36. The Balaban J connectivity index is 3.45. The van der Waals surface area contributed by atoms with E-state index in [9.17, 15) is 18.5 Å². The Morgan fingerprint density at radius 2 is 1.94 bits per heavy atom. The van der Waals surface area contributed by atoms with Crippen LogP contribution >= 0.6 is 11.6 Å². The molecule has 16 heavy (non-hydrogen) atoms. The molecule has 0 heterocycles. The molecule has 0 aliphatic carbocycles. The van der Waals surface area contributed by atoms with E-state index >= 15 is 0 Å². The zero-order valence-electron chi connectivity index (χ0n) is 8.55. The Morgan fingerprint density at radius 3 is 2.38 bits per heavy atom. The van der Waals surface area contributed by atoms with Crippen molar-refractivity contribution in [1.82, 2.24) is 4.31 Å². The molecule has 0 amide bonds. The molecule has 0 fully saturated rings. The maximum Gasteiger partial charge on any atom is 0.270 e. The molecule has 1 aromatic rings. The number of hydrogen-bond acceptors (Lipinski definition) is 4. The average molecular weight is 265 g/mol. The average Bonchev–Trinajstić information content (AvgIpc) is 2.17. The van der Waals surface area contributed by atoms with Gasteiger partial charge >= 0.3 is 0 Å². The van der Waals surface area contributed by atoms with Crippen molar-refractivity contribution in [3.63, 3.8) is 0 Å². The van der Waals surface area contributed by atoms with Gasteiger partial charge in [-0.2, -0.15) is 0 Å². The first-order chi connectivity index (χ1) is 7.26. The van der Waals surface area contributed by atoms with Crippen molar-refractivity contribution in [2.45, 2.75) is 4.90 Å². The lowest BCUT2D eigenvalue weighted by Crippen LogP contribution is -2.22. The third-order valence-corrected chi connectivity index (χ3v) is 4.18. The van der Waals surface area contributed by atoms with Crippen LogP contribution in [0, 0.1) is 10.1 Å². The Hall–Kier alpha value is -1.18. The van der Waals surface area contributed by atoms with Gasteiger partial charge in [0.1, 0.15) is 4.90 Å². The van der Waals surface area contributed by atoms with Crippen molar-refractivity contribution in [2.24, 2.45) is 0 Å². The summed E-state index contributed by atoms with van der Waals surface area (Å²) in [6, 6.07) is 3.28. The van der Waals surface area contributed by atoms with E-state index in [0.717, 1.165) is 16.4 Å². The van der Waals surface area contributed by atoms with Gasteiger partial charge < -0.3 is 0 Å². The maximum absolute atomic E-state index is 11.7. The fraction of sp³-hybridized carbons (Fsp3) is 0.250. The largest absolute Gasteiger partial charge is 0.270 e. The summed E-state index contributed by atoms with van der Waals surface area (Å²) in [5.41, 5.74) is -0.315. The topological polar surface area (TPSA) is 80.5 Å². The fourth-order valence-electron chi connectivity index (χ4n) is 1.000. The SMILES string of the molecule is CN(C)S(=O)(=O)c1cc([N+](=O)[O-])ccc1Cl. The summed E-state index contributed by atoms with van der Waals surface area (Å²) in [5, 5.41) is 10.5. The maximum atomic E-state index is 11.7. The van der Waals surface area contributed by atoms with E-state index < -0.39 is 14.9 Å². The quantitative estimate of drug-likeness (QED) is 0.612. The lowest BCUT2D eigenvalue weighted by Gasteiger charge is -2.12. The number of halogens is 1. The second-order valence-electron chi connectivity index (χ2n) is 3.16. The van der Waals surface area contributed by atoms with Gasteiger partial charge in [-0.05, 0) is 6.07 Å². The number of nitrogens with zero attached hydrogens (tertiary/aromatic N) is 2. The second-order valence-corrected chi connectivity index (χ2v) is 5.69. The highest BCUT2D eigenvalue weighted by atomic mass is 35.5. The zero-order chi connectivity index (χ0) is 12.5. The smallest absolute Gasteiger partial charge is 0.258 e. The lowest BCUT2D eigenvalue weighted by atomic mass is 10.3. The Kier molecular flexibility index (Phi) is 3.51. The first kappa shape index (κ1) is 12.9. The van der Waals surface area contributed by atoms with Gasteiger partial charge in [0.25, 0.3) is 5.69 Å². The summed E-state index contributed by atoms with van der Waals surface area (Å²) in [7, 11) is -1.12. The molecule has 0 bridgehead atoms. The van der Waals surface area contributed by atoms with Crippen molar-refractivity contribution in [2.75, 3.05) is 14.1 Å². The van der Waals surface area contributed by atoms with Gasteiger partial charge in [0.05, 0.1) is 9.95 Å². The molecule has 0 atom stereocenters. The first-order valence-corrected chi connectivity index (χ1v) is 5.95. The number of rotatable bonds is 3. The highest BCUT2D eigenvalue weighted by Crippen LogP contribution is 2.27. The molecule has 8 heteroatoms. The molecule has 0 aromatic heterocycles. The minimum atomic E-state index is -3.77. The number of nitro groups is 1. The molecular formula is C8H9ClN2O4S. The van der Waals surface area contributed by atoms with Crippen molar-refractivity contribution in [3.05, 3.63) is 33.3 Å². The Labute approximate surface area is 97.6 Å². The van der Waals surface area contributed by atoms with Crippen LogP contribution in [0.5, 0.6) is 0 Å². The molecule has 0 spiro atoms. The number of non-ortho nitro benzene ring substituents is 1. The van der Waals surface area contributed by atoms with Crippen LogP contribution in [0.25, 0.3) is 0 Å². The standard InChI is InChI=1S/C8H9ClN2O4S/c1-10(2)16(14,15)8-5-6(11(12)13)3-4-7(8)9/h3-5H,1-2H3. The van der Waals surface area contributed by atoms with Gasteiger partial charge in [-0.25, -0.2) is 12.7 Å². The van der Waals surface area contributed by atoms with Gasteiger partial charge in [-0.3, -0.25) is 10.1 Å². The molecule has 0 saturated carbocycles. The van der Waals surface area contributed by atoms with E-state index in [1.807, 2.05) is 0 Å². The molecule has 0 unspecified atom stereocenters. The van der Waals surface area contributed by atoms with E-state index in [1.54, 1.807) is 0 Å². The van der Waals surface area contributed by atoms with Gasteiger partial charge in [-0.1, -0.05) is 11.6 Å². The molecule has 0 aliphatic heterocycles. The van der Waals surface area contributed by atoms with E-state index in [1.165, 1.54) is 20.2 Å².